The van der Waals surface area contributed by atoms with Crippen LogP contribution in [0.4, 0.5) is 5.69 Å². The van der Waals surface area contributed by atoms with Crippen LogP contribution in [0, 0.1) is 6.92 Å². The summed E-state index contributed by atoms with van der Waals surface area (Å²) in [4.78, 5) is 0. The highest BCUT2D eigenvalue weighted by Gasteiger charge is 1.99. The molecular weight excluding hydrogens is 224 g/mol. The van der Waals surface area contributed by atoms with Crippen molar-refractivity contribution in [3.8, 4) is 5.75 Å². The van der Waals surface area contributed by atoms with Crippen LogP contribution in [-0.2, 0) is 6.42 Å². The predicted molar refractivity (Wildman–Crippen MR) is 76.3 cm³/mol. The third-order valence-electron chi connectivity index (χ3n) is 2.68. The fourth-order valence-corrected chi connectivity index (χ4v) is 1.75. The van der Waals surface area contributed by atoms with Crippen LogP contribution in [0.5, 0.6) is 5.75 Å². The number of aryl methyl sites for hydroxylation is 1. The molecule has 0 saturated carbocycles. The summed E-state index contributed by atoms with van der Waals surface area (Å²) >= 11 is 0. The molecule has 2 rings (SSSR count). The number of para-hydroxylation sites is 1. The van der Waals surface area contributed by atoms with Gasteiger partial charge in [-0.2, -0.15) is 0 Å². The number of nitrogen functional groups attached to an aromatic ring is 1. The summed E-state index contributed by atoms with van der Waals surface area (Å²) in [7, 11) is 0. The highest BCUT2D eigenvalue weighted by Crippen LogP contribution is 2.14. The van der Waals surface area contributed by atoms with Crippen molar-refractivity contribution >= 4 is 5.69 Å². The summed E-state index contributed by atoms with van der Waals surface area (Å²) in [5, 5.41) is 0. The minimum Gasteiger partial charge on any atom is -0.493 e. The van der Waals surface area contributed by atoms with E-state index in [9.17, 15) is 0 Å². The van der Waals surface area contributed by atoms with Gasteiger partial charge in [-0.1, -0.05) is 30.3 Å². The quantitative estimate of drug-likeness (QED) is 0.810. The van der Waals surface area contributed by atoms with Gasteiger partial charge in [0.05, 0.1) is 6.61 Å². The van der Waals surface area contributed by atoms with E-state index in [1.165, 1.54) is 5.56 Å². The summed E-state index contributed by atoms with van der Waals surface area (Å²) in [5.74, 6) is 0.916. The molecule has 0 unspecified atom stereocenters. The lowest BCUT2D eigenvalue weighted by Crippen LogP contribution is -2.03. The second-order valence-electron chi connectivity index (χ2n) is 4.11. The van der Waals surface area contributed by atoms with Crippen LogP contribution in [0.1, 0.15) is 11.1 Å². The maximum absolute atomic E-state index is 5.87. The Labute approximate surface area is 108 Å². The van der Waals surface area contributed by atoms with Gasteiger partial charge < -0.3 is 16.6 Å². The van der Waals surface area contributed by atoms with Gasteiger partial charge in [-0.15, -0.1) is 0 Å². The highest BCUT2D eigenvalue weighted by atomic mass is 16.5. The van der Waals surface area contributed by atoms with Crippen LogP contribution in [0.2, 0.25) is 0 Å². The van der Waals surface area contributed by atoms with Gasteiger partial charge in [0.1, 0.15) is 5.75 Å². The average Bonchev–Trinajstić information content (AvgIpc) is 2.32. The summed E-state index contributed by atoms with van der Waals surface area (Å²) < 4.78 is 5.69. The molecule has 0 radical (unpaired) electrons. The zero-order valence-electron chi connectivity index (χ0n) is 10.7. The Morgan fingerprint density at radius 3 is 2.56 bits per heavy atom. The molecule has 0 atom stereocenters. The van der Waals surface area contributed by atoms with Gasteiger partial charge >= 0.3 is 0 Å². The topological polar surface area (TPSA) is 70.2 Å². The van der Waals surface area contributed by atoms with Crippen LogP contribution in [0.3, 0.4) is 0 Å². The average molecular weight is 244 g/mol. The molecule has 0 saturated heterocycles. The number of benzene rings is 2. The molecule has 0 spiro atoms. The fourth-order valence-electron chi connectivity index (χ4n) is 1.75. The van der Waals surface area contributed by atoms with E-state index < -0.39 is 0 Å². The van der Waals surface area contributed by atoms with Crippen molar-refractivity contribution in [1.29, 1.82) is 0 Å². The Hall–Kier alpha value is -2.00. The van der Waals surface area contributed by atoms with E-state index in [1.807, 2.05) is 42.5 Å². The normalized spacial score (nSPS) is 9.61. The SMILES string of the molecule is Cc1cccc(OCCc2ccccc2N)c1.N. The number of hydrogen-bond donors (Lipinski definition) is 2. The molecule has 18 heavy (non-hydrogen) atoms. The standard InChI is InChI=1S/C15H17NO.H3N/c1-12-5-4-7-14(11-12)17-10-9-13-6-2-3-8-15(13)16;/h2-8,11H,9-10,16H2,1H3;1H3. The van der Waals surface area contributed by atoms with Crippen LogP contribution in [0.15, 0.2) is 48.5 Å². The van der Waals surface area contributed by atoms with Gasteiger partial charge in [0.25, 0.3) is 0 Å². The summed E-state index contributed by atoms with van der Waals surface area (Å²) in [5.41, 5.74) is 9.05. The third kappa shape index (κ3) is 3.79. The lowest BCUT2D eigenvalue weighted by Gasteiger charge is -2.08. The van der Waals surface area contributed by atoms with Crippen molar-refractivity contribution in [1.82, 2.24) is 6.15 Å². The van der Waals surface area contributed by atoms with E-state index in [0.29, 0.717) is 6.61 Å². The van der Waals surface area contributed by atoms with Crippen molar-refractivity contribution in [3.63, 3.8) is 0 Å². The molecule has 0 aromatic heterocycles. The molecule has 0 aliphatic heterocycles. The Morgan fingerprint density at radius 1 is 1.06 bits per heavy atom. The van der Waals surface area contributed by atoms with E-state index in [0.717, 1.165) is 23.4 Å². The Kier molecular flexibility index (Phi) is 5.21. The fraction of sp³-hybridized carbons (Fsp3) is 0.200. The van der Waals surface area contributed by atoms with Crippen molar-refractivity contribution in [2.45, 2.75) is 13.3 Å². The molecule has 0 aliphatic carbocycles. The number of hydrogen-bond acceptors (Lipinski definition) is 3. The van der Waals surface area contributed by atoms with Gasteiger partial charge in [0, 0.05) is 12.1 Å². The number of ether oxygens (including phenoxy) is 1. The smallest absolute Gasteiger partial charge is 0.119 e. The molecule has 3 heteroatoms. The first-order valence-corrected chi connectivity index (χ1v) is 5.78. The van der Waals surface area contributed by atoms with Crippen LogP contribution in [0.25, 0.3) is 0 Å². The Bertz CT molecular complexity index is 497. The second kappa shape index (κ2) is 6.67. The van der Waals surface area contributed by atoms with Crippen molar-refractivity contribution < 1.29 is 4.74 Å². The summed E-state index contributed by atoms with van der Waals surface area (Å²) in [6, 6.07) is 16.0. The van der Waals surface area contributed by atoms with Gasteiger partial charge in [-0.3, -0.25) is 0 Å². The van der Waals surface area contributed by atoms with E-state index in [4.69, 9.17) is 10.5 Å². The molecule has 0 bridgehead atoms. The number of anilines is 1. The highest BCUT2D eigenvalue weighted by molar-refractivity contribution is 5.46. The number of rotatable bonds is 4. The number of nitrogens with two attached hydrogens (primary N) is 1. The summed E-state index contributed by atoms with van der Waals surface area (Å²) in [6.07, 6.45) is 0.834. The van der Waals surface area contributed by atoms with Crippen LogP contribution >= 0.6 is 0 Å². The first-order valence-electron chi connectivity index (χ1n) is 5.78. The Balaban J connectivity index is 0.00000162. The lowest BCUT2D eigenvalue weighted by molar-refractivity contribution is 0.322. The molecular formula is C15H20N2O. The zero-order chi connectivity index (χ0) is 12.1. The van der Waals surface area contributed by atoms with Gasteiger partial charge in [-0.05, 0) is 36.2 Å². The Morgan fingerprint density at radius 2 is 1.83 bits per heavy atom. The molecule has 2 aromatic carbocycles. The van der Waals surface area contributed by atoms with Gasteiger partial charge in [0.2, 0.25) is 0 Å². The van der Waals surface area contributed by atoms with E-state index in [-0.39, 0.29) is 6.15 Å². The van der Waals surface area contributed by atoms with Gasteiger partial charge in [0.15, 0.2) is 0 Å². The van der Waals surface area contributed by atoms with E-state index in [2.05, 4.69) is 13.0 Å². The largest absolute Gasteiger partial charge is 0.493 e. The van der Waals surface area contributed by atoms with E-state index in [1.54, 1.807) is 0 Å². The molecule has 0 fully saturated rings. The minimum absolute atomic E-state index is 0. The van der Waals surface area contributed by atoms with Crippen LogP contribution < -0.4 is 16.6 Å². The molecule has 0 heterocycles. The third-order valence-corrected chi connectivity index (χ3v) is 2.68. The van der Waals surface area contributed by atoms with Gasteiger partial charge in [-0.25, -0.2) is 0 Å². The molecule has 3 nitrogen and oxygen atoms in total. The van der Waals surface area contributed by atoms with Crippen molar-refractivity contribution in [2.75, 3.05) is 12.3 Å². The van der Waals surface area contributed by atoms with Crippen molar-refractivity contribution in [3.05, 3.63) is 59.7 Å². The molecule has 0 amide bonds. The van der Waals surface area contributed by atoms with Crippen molar-refractivity contribution in [2.24, 2.45) is 0 Å². The predicted octanol–water partition coefficient (Wildman–Crippen LogP) is 3.36. The maximum Gasteiger partial charge on any atom is 0.119 e. The first-order chi connectivity index (χ1) is 8.25. The second-order valence-corrected chi connectivity index (χ2v) is 4.11. The molecule has 0 aliphatic rings. The molecule has 96 valence electrons. The molecule has 5 N–H and O–H groups in total. The van der Waals surface area contributed by atoms with Crippen LogP contribution in [-0.4, -0.2) is 6.61 Å². The first kappa shape index (κ1) is 14.1. The lowest BCUT2D eigenvalue weighted by atomic mass is 10.1. The zero-order valence-corrected chi connectivity index (χ0v) is 10.7. The monoisotopic (exact) mass is 244 g/mol. The van der Waals surface area contributed by atoms with E-state index >= 15 is 0 Å². The molecule has 2 aromatic rings. The summed E-state index contributed by atoms with van der Waals surface area (Å²) in [6.45, 7) is 2.71. The maximum atomic E-state index is 5.87. The minimum atomic E-state index is 0.